The van der Waals surface area contributed by atoms with Crippen molar-refractivity contribution in [2.24, 2.45) is 11.1 Å². The first-order valence-electron chi connectivity index (χ1n) is 5.97. The predicted molar refractivity (Wildman–Crippen MR) is 64.1 cm³/mol. The van der Waals surface area contributed by atoms with Gasteiger partial charge in [-0.15, -0.1) is 0 Å². The molecular formula is C12H24N2O2. The van der Waals surface area contributed by atoms with E-state index in [0.29, 0.717) is 19.6 Å². The van der Waals surface area contributed by atoms with Gasteiger partial charge in [-0.25, -0.2) is 0 Å². The molecule has 16 heavy (non-hydrogen) atoms. The maximum Gasteiger partial charge on any atom is 0.222 e. The van der Waals surface area contributed by atoms with Gasteiger partial charge in [0.2, 0.25) is 5.91 Å². The fraction of sp³-hybridized carbons (Fsp3) is 0.917. The summed E-state index contributed by atoms with van der Waals surface area (Å²) in [5.41, 5.74) is 6.15. The SMILES string of the molecule is COCC(N)CN1CCC(C)(C)CCC1=O. The Morgan fingerprint density at radius 3 is 2.81 bits per heavy atom. The number of ether oxygens (including phenoxy) is 1. The van der Waals surface area contributed by atoms with Gasteiger partial charge in [0.05, 0.1) is 6.61 Å². The van der Waals surface area contributed by atoms with Crippen LogP contribution in [-0.4, -0.2) is 43.7 Å². The molecule has 1 amide bonds. The summed E-state index contributed by atoms with van der Waals surface area (Å²) >= 11 is 0. The highest BCUT2D eigenvalue weighted by Gasteiger charge is 2.27. The molecule has 0 saturated carbocycles. The molecule has 4 heteroatoms. The molecule has 0 aromatic heterocycles. The van der Waals surface area contributed by atoms with Crippen LogP contribution in [0, 0.1) is 5.41 Å². The van der Waals surface area contributed by atoms with Gasteiger partial charge in [0, 0.05) is 32.7 Å². The molecule has 1 unspecified atom stereocenters. The van der Waals surface area contributed by atoms with Crippen LogP contribution in [0.3, 0.4) is 0 Å². The largest absolute Gasteiger partial charge is 0.383 e. The fourth-order valence-corrected chi connectivity index (χ4v) is 2.03. The summed E-state index contributed by atoms with van der Waals surface area (Å²) < 4.78 is 4.99. The summed E-state index contributed by atoms with van der Waals surface area (Å²) in [6, 6.07) is -0.0739. The van der Waals surface area contributed by atoms with Gasteiger partial charge in [-0.3, -0.25) is 4.79 Å². The van der Waals surface area contributed by atoms with Gasteiger partial charge in [0.15, 0.2) is 0 Å². The van der Waals surface area contributed by atoms with Gasteiger partial charge in [-0.05, 0) is 18.3 Å². The molecule has 1 rings (SSSR count). The normalized spacial score (nSPS) is 23.0. The van der Waals surface area contributed by atoms with Gasteiger partial charge >= 0.3 is 0 Å². The lowest BCUT2D eigenvalue weighted by Crippen LogP contribution is -2.43. The van der Waals surface area contributed by atoms with E-state index in [2.05, 4.69) is 13.8 Å². The number of rotatable bonds is 4. The Morgan fingerprint density at radius 1 is 1.50 bits per heavy atom. The zero-order valence-corrected chi connectivity index (χ0v) is 10.7. The van der Waals surface area contributed by atoms with Gasteiger partial charge in [-0.2, -0.15) is 0 Å². The predicted octanol–water partition coefficient (Wildman–Crippen LogP) is 0.999. The van der Waals surface area contributed by atoms with Crippen LogP contribution in [0.2, 0.25) is 0 Å². The minimum atomic E-state index is -0.0739. The van der Waals surface area contributed by atoms with E-state index in [1.807, 2.05) is 4.90 Å². The quantitative estimate of drug-likeness (QED) is 0.781. The van der Waals surface area contributed by atoms with E-state index in [9.17, 15) is 4.79 Å². The Balaban J connectivity index is 2.49. The van der Waals surface area contributed by atoms with Crippen LogP contribution in [0.15, 0.2) is 0 Å². The Labute approximate surface area is 98.1 Å². The zero-order valence-electron chi connectivity index (χ0n) is 10.7. The zero-order chi connectivity index (χ0) is 12.2. The topological polar surface area (TPSA) is 55.6 Å². The fourth-order valence-electron chi connectivity index (χ4n) is 2.03. The minimum absolute atomic E-state index is 0.0739. The van der Waals surface area contributed by atoms with Crippen LogP contribution in [0.4, 0.5) is 0 Å². The maximum absolute atomic E-state index is 11.9. The maximum atomic E-state index is 11.9. The molecule has 0 aliphatic carbocycles. The molecule has 1 fully saturated rings. The van der Waals surface area contributed by atoms with Gasteiger partial charge in [0.25, 0.3) is 0 Å². The minimum Gasteiger partial charge on any atom is -0.383 e. The number of hydrogen-bond donors (Lipinski definition) is 1. The molecule has 0 radical (unpaired) electrons. The van der Waals surface area contributed by atoms with E-state index >= 15 is 0 Å². The molecule has 94 valence electrons. The molecule has 1 saturated heterocycles. The Morgan fingerprint density at radius 2 is 2.19 bits per heavy atom. The van der Waals surface area contributed by atoms with Crippen LogP contribution >= 0.6 is 0 Å². The summed E-state index contributed by atoms with van der Waals surface area (Å²) in [6.07, 6.45) is 2.67. The van der Waals surface area contributed by atoms with Crippen molar-refractivity contribution in [2.75, 3.05) is 26.8 Å². The van der Waals surface area contributed by atoms with E-state index in [0.717, 1.165) is 19.4 Å². The van der Waals surface area contributed by atoms with Crippen molar-refractivity contribution in [3.63, 3.8) is 0 Å². The smallest absolute Gasteiger partial charge is 0.222 e. The second kappa shape index (κ2) is 5.64. The van der Waals surface area contributed by atoms with Crippen molar-refractivity contribution < 1.29 is 9.53 Å². The number of carbonyl (C=O) groups is 1. The van der Waals surface area contributed by atoms with Crippen molar-refractivity contribution in [3.05, 3.63) is 0 Å². The summed E-state index contributed by atoms with van der Waals surface area (Å²) in [5, 5.41) is 0. The molecule has 2 N–H and O–H groups in total. The van der Waals surface area contributed by atoms with Gasteiger partial charge in [0.1, 0.15) is 0 Å². The Hall–Kier alpha value is -0.610. The van der Waals surface area contributed by atoms with E-state index < -0.39 is 0 Å². The van der Waals surface area contributed by atoms with Gasteiger partial charge < -0.3 is 15.4 Å². The number of nitrogens with two attached hydrogens (primary N) is 1. The highest BCUT2D eigenvalue weighted by molar-refractivity contribution is 5.76. The molecule has 1 heterocycles. The molecular weight excluding hydrogens is 204 g/mol. The lowest BCUT2D eigenvalue weighted by atomic mass is 9.85. The first-order valence-corrected chi connectivity index (χ1v) is 5.97. The van der Waals surface area contributed by atoms with Gasteiger partial charge in [-0.1, -0.05) is 13.8 Å². The lowest BCUT2D eigenvalue weighted by molar-refractivity contribution is -0.131. The molecule has 4 nitrogen and oxygen atoms in total. The standard InChI is InChI=1S/C12H24N2O2/c1-12(2)5-4-11(15)14(7-6-12)8-10(13)9-16-3/h10H,4-9,13H2,1-3H3. The van der Waals surface area contributed by atoms with Crippen LogP contribution in [-0.2, 0) is 9.53 Å². The highest BCUT2D eigenvalue weighted by Crippen LogP contribution is 2.30. The molecule has 1 aliphatic rings. The molecule has 1 aliphatic heterocycles. The number of hydrogen-bond acceptors (Lipinski definition) is 3. The summed E-state index contributed by atoms with van der Waals surface area (Å²) in [7, 11) is 1.63. The molecule has 0 spiro atoms. The van der Waals surface area contributed by atoms with Crippen LogP contribution in [0.1, 0.15) is 33.1 Å². The lowest BCUT2D eigenvalue weighted by Gasteiger charge is -2.25. The third-order valence-electron chi connectivity index (χ3n) is 3.26. The van der Waals surface area contributed by atoms with E-state index in [1.54, 1.807) is 7.11 Å². The molecule has 0 aromatic carbocycles. The van der Waals surface area contributed by atoms with E-state index in [1.165, 1.54) is 0 Å². The number of carbonyl (C=O) groups excluding carboxylic acids is 1. The number of amides is 1. The third kappa shape index (κ3) is 4.10. The van der Waals surface area contributed by atoms with E-state index in [-0.39, 0.29) is 17.4 Å². The molecule has 0 bridgehead atoms. The third-order valence-corrected chi connectivity index (χ3v) is 3.26. The number of likely N-dealkylation sites (tertiary alicyclic amines) is 1. The average molecular weight is 228 g/mol. The van der Waals surface area contributed by atoms with Crippen LogP contribution in [0.5, 0.6) is 0 Å². The second-order valence-electron chi connectivity index (χ2n) is 5.47. The summed E-state index contributed by atoms with van der Waals surface area (Å²) in [5.74, 6) is 0.233. The highest BCUT2D eigenvalue weighted by atomic mass is 16.5. The van der Waals surface area contributed by atoms with E-state index in [4.69, 9.17) is 10.5 Å². The number of methoxy groups -OCH3 is 1. The molecule has 1 atom stereocenters. The summed E-state index contributed by atoms with van der Waals surface area (Å²) in [6.45, 7) is 6.39. The first-order chi connectivity index (χ1) is 7.44. The summed E-state index contributed by atoms with van der Waals surface area (Å²) in [4.78, 5) is 13.8. The first kappa shape index (κ1) is 13.5. The van der Waals surface area contributed by atoms with Crippen molar-refractivity contribution >= 4 is 5.91 Å². The van der Waals surface area contributed by atoms with Crippen molar-refractivity contribution in [1.82, 2.24) is 4.90 Å². The van der Waals surface area contributed by atoms with Crippen LogP contribution in [0.25, 0.3) is 0 Å². The Bertz CT molecular complexity index is 241. The van der Waals surface area contributed by atoms with Crippen molar-refractivity contribution in [2.45, 2.75) is 39.2 Å². The van der Waals surface area contributed by atoms with Crippen molar-refractivity contribution in [3.8, 4) is 0 Å². The number of nitrogens with zero attached hydrogens (tertiary/aromatic N) is 1. The van der Waals surface area contributed by atoms with Crippen molar-refractivity contribution in [1.29, 1.82) is 0 Å². The second-order valence-corrected chi connectivity index (χ2v) is 5.47. The monoisotopic (exact) mass is 228 g/mol. The average Bonchev–Trinajstić information content (AvgIpc) is 2.31. The van der Waals surface area contributed by atoms with Crippen LogP contribution < -0.4 is 5.73 Å². The molecule has 0 aromatic rings. The Kier molecular flexibility index (Phi) is 4.74.